The van der Waals surface area contributed by atoms with Gasteiger partial charge in [-0.3, -0.25) is 9.69 Å². The molecule has 3 aromatic rings. The van der Waals surface area contributed by atoms with Crippen LogP contribution in [-0.2, 0) is 6.54 Å². The molecule has 130 valence electrons. The second-order valence-electron chi connectivity index (χ2n) is 6.54. The number of carbonyl (C=O) groups is 1. The Balaban J connectivity index is 1.25. The van der Waals surface area contributed by atoms with Crippen LogP contribution in [0.5, 0.6) is 0 Å². The van der Waals surface area contributed by atoms with Crippen molar-refractivity contribution in [3.8, 4) is 0 Å². The molecule has 2 N–H and O–H groups in total. The summed E-state index contributed by atoms with van der Waals surface area (Å²) in [5.41, 5.74) is 2.13. The summed E-state index contributed by atoms with van der Waals surface area (Å²) in [5.74, 6) is 0.519. The molecule has 1 aliphatic heterocycles. The minimum atomic E-state index is -0.0362. The molecule has 25 heavy (non-hydrogen) atoms. The predicted octanol–water partition coefficient (Wildman–Crippen LogP) is 2.66. The highest BCUT2D eigenvalue weighted by molar-refractivity contribution is 7.09. The highest BCUT2D eigenvalue weighted by Gasteiger charge is 2.20. The lowest BCUT2D eigenvalue weighted by Gasteiger charge is -2.31. The van der Waals surface area contributed by atoms with Gasteiger partial charge in [-0.05, 0) is 61.5 Å². The second-order valence-corrected chi connectivity index (χ2v) is 7.57. The van der Waals surface area contributed by atoms with Crippen LogP contribution in [0.25, 0.3) is 11.0 Å². The van der Waals surface area contributed by atoms with Gasteiger partial charge in [0.05, 0.1) is 0 Å². The highest BCUT2D eigenvalue weighted by atomic mass is 32.1. The molecule has 0 atom stereocenters. The number of fused-ring (bicyclic) bond motifs is 1. The van der Waals surface area contributed by atoms with Crippen molar-refractivity contribution in [2.45, 2.75) is 19.4 Å². The first kappa shape index (κ1) is 16.2. The molecule has 3 heterocycles. The number of benzene rings is 1. The van der Waals surface area contributed by atoms with E-state index < -0.39 is 0 Å². The third-order valence-corrected chi connectivity index (χ3v) is 5.66. The Morgan fingerprint density at radius 2 is 2.08 bits per heavy atom. The Morgan fingerprint density at radius 3 is 2.88 bits per heavy atom. The summed E-state index contributed by atoms with van der Waals surface area (Å²) >= 11 is 1.82. The van der Waals surface area contributed by atoms with Gasteiger partial charge in [0.2, 0.25) is 0 Å². The van der Waals surface area contributed by atoms with E-state index in [0.717, 1.165) is 50.1 Å². The molecule has 1 aliphatic rings. The number of nitrogens with one attached hydrogen (secondary N) is 2. The van der Waals surface area contributed by atoms with Crippen LogP contribution in [0.15, 0.2) is 35.7 Å². The number of carbonyl (C=O) groups excluding carboxylic acids is 1. The molecule has 6 nitrogen and oxygen atoms in total. The quantitative estimate of drug-likeness (QED) is 0.738. The summed E-state index contributed by atoms with van der Waals surface area (Å²) in [7, 11) is 0. The van der Waals surface area contributed by atoms with Crippen LogP contribution in [0, 0.1) is 5.92 Å². The Bertz CT molecular complexity index is 836. The molecule has 0 saturated carbocycles. The van der Waals surface area contributed by atoms with Gasteiger partial charge in [0.25, 0.3) is 5.91 Å². The van der Waals surface area contributed by atoms with E-state index in [-0.39, 0.29) is 5.91 Å². The maximum Gasteiger partial charge on any atom is 0.251 e. The zero-order chi connectivity index (χ0) is 17.1. The molecule has 7 heteroatoms. The van der Waals surface area contributed by atoms with E-state index in [1.807, 2.05) is 17.4 Å². The largest absolute Gasteiger partial charge is 0.352 e. The Labute approximate surface area is 150 Å². The van der Waals surface area contributed by atoms with Gasteiger partial charge in [-0.1, -0.05) is 6.07 Å². The first-order chi connectivity index (χ1) is 12.3. The van der Waals surface area contributed by atoms with E-state index in [1.165, 1.54) is 4.88 Å². The highest BCUT2D eigenvalue weighted by Crippen LogP contribution is 2.20. The molecule has 1 fully saturated rings. The van der Waals surface area contributed by atoms with Gasteiger partial charge in [-0.2, -0.15) is 15.4 Å². The average molecular weight is 355 g/mol. The van der Waals surface area contributed by atoms with Gasteiger partial charge in [-0.15, -0.1) is 11.3 Å². The fraction of sp³-hybridized carbons (Fsp3) is 0.389. The number of likely N-dealkylation sites (tertiary alicyclic amines) is 1. The number of piperidine rings is 1. The Morgan fingerprint density at radius 1 is 1.24 bits per heavy atom. The summed E-state index contributed by atoms with van der Waals surface area (Å²) in [6, 6.07) is 9.69. The van der Waals surface area contributed by atoms with Crippen LogP contribution in [-0.4, -0.2) is 45.9 Å². The number of hydrogen-bond donors (Lipinski definition) is 2. The molecule has 0 spiro atoms. The molecular weight excluding hydrogens is 334 g/mol. The summed E-state index contributed by atoms with van der Waals surface area (Å²) in [4.78, 5) is 16.3. The third kappa shape index (κ3) is 3.88. The van der Waals surface area contributed by atoms with Crippen molar-refractivity contribution < 1.29 is 4.79 Å². The third-order valence-electron chi connectivity index (χ3n) is 4.80. The smallest absolute Gasteiger partial charge is 0.251 e. The number of hydrogen-bond acceptors (Lipinski definition) is 5. The predicted molar refractivity (Wildman–Crippen MR) is 98.5 cm³/mol. The molecule has 1 saturated heterocycles. The van der Waals surface area contributed by atoms with Gasteiger partial charge in [0.1, 0.15) is 11.0 Å². The van der Waals surface area contributed by atoms with Crippen molar-refractivity contribution in [2.75, 3.05) is 19.6 Å². The van der Waals surface area contributed by atoms with Crippen molar-refractivity contribution in [3.63, 3.8) is 0 Å². The average Bonchev–Trinajstić information content (AvgIpc) is 3.31. The minimum Gasteiger partial charge on any atom is -0.352 e. The number of amides is 1. The number of rotatable bonds is 5. The monoisotopic (exact) mass is 355 g/mol. The molecule has 0 radical (unpaired) electrons. The van der Waals surface area contributed by atoms with E-state index >= 15 is 0 Å². The van der Waals surface area contributed by atoms with Crippen LogP contribution < -0.4 is 5.32 Å². The number of thiophene rings is 1. The summed E-state index contributed by atoms with van der Waals surface area (Å²) < 4.78 is 0. The summed E-state index contributed by atoms with van der Waals surface area (Å²) in [5, 5.41) is 15.8. The van der Waals surface area contributed by atoms with Crippen LogP contribution >= 0.6 is 11.3 Å². The zero-order valence-electron chi connectivity index (χ0n) is 13.9. The van der Waals surface area contributed by atoms with E-state index in [9.17, 15) is 4.79 Å². The minimum absolute atomic E-state index is 0.0362. The number of aromatic amines is 1. The van der Waals surface area contributed by atoms with Gasteiger partial charge in [-0.25, -0.2) is 0 Å². The van der Waals surface area contributed by atoms with Gasteiger partial charge in [0, 0.05) is 23.5 Å². The van der Waals surface area contributed by atoms with Crippen LogP contribution in [0.1, 0.15) is 28.1 Å². The van der Waals surface area contributed by atoms with Gasteiger partial charge < -0.3 is 5.32 Å². The van der Waals surface area contributed by atoms with Crippen LogP contribution in [0.4, 0.5) is 0 Å². The van der Waals surface area contributed by atoms with Crippen molar-refractivity contribution >= 4 is 28.3 Å². The number of H-pyrrole nitrogens is 1. The maximum atomic E-state index is 12.4. The Hall–Kier alpha value is -2.25. The van der Waals surface area contributed by atoms with Crippen molar-refractivity contribution in [1.82, 2.24) is 25.6 Å². The van der Waals surface area contributed by atoms with Crippen LogP contribution in [0.2, 0.25) is 0 Å². The lowest BCUT2D eigenvalue weighted by molar-refractivity contribution is 0.0935. The number of aromatic nitrogens is 3. The topological polar surface area (TPSA) is 73.9 Å². The molecule has 2 aromatic heterocycles. The fourth-order valence-electron chi connectivity index (χ4n) is 3.29. The van der Waals surface area contributed by atoms with Crippen LogP contribution in [0.3, 0.4) is 0 Å². The molecule has 0 unspecified atom stereocenters. The molecule has 0 bridgehead atoms. The van der Waals surface area contributed by atoms with Crippen molar-refractivity contribution in [1.29, 1.82) is 0 Å². The molecular formula is C18H21N5OS. The normalized spacial score (nSPS) is 16.3. The second kappa shape index (κ2) is 7.33. The van der Waals surface area contributed by atoms with E-state index in [2.05, 4.69) is 43.1 Å². The fourth-order valence-corrected chi connectivity index (χ4v) is 4.04. The molecule has 4 rings (SSSR count). The summed E-state index contributed by atoms with van der Waals surface area (Å²) in [6.07, 6.45) is 2.27. The number of nitrogens with zero attached hydrogens (tertiary/aromatic N) is 3. The van der Waals surface area contributed by atoms with Gasteiger partial charge >= 0.3 is 0 Å². The van der Waals surface area contributed by atoms with Crippen molar-refractivity contribution in [3.05, 3.63) is 46.2 Å². The molecule has 1 aromatic carbocycles. The Kier molecular flexibility index (Phi) is 4.76. The SMILES string of the molecule is O=C(NCC1CCN(Cc2cccs2)CC1)c1ccc2n[nH]nc2c1. The van der Waals surface area contributed by atoms with E-state index in [0.29, 0.717) is 11.5 Å². The first-order valence-electron chi connectivity index (χ1n) is 8.61. The molecule has 1 amide bonds. The van der Waals surface area contributed by atoms with E-state index in [1.54, 1.807) is 12.1 Å². The van der Waals surface area contributed by atoms with Gasteiger partial charge in [0.15, 0.2) is 0 Å². The van der Waals surface area contributed by atoms with Crippen molar-refractivity contribution in [2.24, 2.45) is 5.92 Å². The lowest BCUT2D eigenvalue weighted by atomic mass is 9.96. The summed E-state index contributed by atoms with van der Waals surface area (Å²) in [6.45, 7) is 3.99. The van der Waals surface area contributed by atoms with E-state index in [4.69, 9.17) is 0 Å². The zero-order valence-corrected chi connectivity index (χ0v) is 14.8. The molecule has 0 aliphatic carbocycles. The maximum absolute atomic E-state index is 12.4. The first-order valence-corrected chi connectivity index (χ1v) is 9.49. The standard InChI is InChI=1S/C18H21N5OS/c24-18(14-3-4-16-17(10-14)21-22-20-16)19-11-13-5-7-23(8-6-13)12-15-2-1-9-25-15/h1-4,9-10,13H,5-8,11-12H2,(H,19,24)(H,20,21,22). The lowest BCUT2D eigenvalue weighted by Crippen LogP contribution is -2.38.